The van der Waals surface area contributed by atoms with E-state index in [9.17, 15) is 10.1 Å². The lowest BCUT2D eigenvalue weighted by Gasteiger charge is -2.51. The molecule has 5 heteroatoms. The monoisotopic (exact) mass is 358 g/mol. The smallest absolute Gasteiger partial charge is 0.254 e. The Balaban J connectivity index is 1.52. The Morgan fingerprint density at radius 2 is 2.00 bits per heavy atom. The molecule has 136 valence electrons. The van der Waals surface area contributed by atoms with Crippen LogP contribution in [0.5, 0.6) is 0 Å². The maximum atomic E-state index is 13.4. The second kappa shape index (κ2) is 6.47. The standard InChI is InChI=1S/C22H22N4O/c23-12-15-3-1-4-17(11-15)22(27)26-14-19(18-5-2-8-24-13-18)21-20(26)16-6-9-25(21)10-7-16/h1-5,8,11,13,16,19-21H,6-7,9-10,14H2. The molecule has 0 radical (unpaired) electrons. The van der Waals surface area contributed by atoms with Crippen molar-refractivity contribution >= 4 is 5.91 Å². The third-order valence-corrected chi connectivity index (χ3v) is 6.61. The number of benzene rings is 1. The molecule has 4 aliphatic heterocycles. The zero-order valence-corrected chi connectivity index (χ0v) is 15.2. The maximum Gasteiger partial charge on any atom is 0.254 e. The lowest BCUT2D eigenvalue weighted by molar-refractivity contribution is -0.00342. The summed E-state index contributed by atoms with van der Waals surface area (Å²) in [6.07, 6.45) is 6.10. The number of hydrogen-bond donors (Lipinski definition) is 0. The van der Waals surface area contributed by atoms with Crippen molar-refractivity contribution in [1.82, 2.24) is 14.8 Å². The molecule has 0 aliphatic carbocycles. The number of nitrogens with zero attached hydrogens (tertiary/aromatic N) is 4. The first-order chi connectivity index (χ1) is 13.3. The van der Waals surface area contributed by atoms with Crippen molar-refractivity contribution in [2.24, 2.45) is 5.92 Å². The molecule has 3 unspecified atom stereocenters. The molecule has 4 fully saturated rings. The number of carbonyl (C=O) groups is 1. The second-order valence-electron chi connectivity index (χ2n) is 7.90. The molecule has 5 heterocycles. The first kappa shape index (κ1) is 16.5. The van der Waals surface area contributed by atoms with E-state index in [1.165, 1.54) is 18.4 Å². The van der Waals surface area contributed by atoms with Crippen LogP contribution in [0.2, 0.25) is 0 Å². The summed E-state index contributed by atoms with van der Waals surface area (Å²) < 4.78 is 0. The normalized spacial score (nSPS) is 31.4. The number of rotatable bonds is 2. The van der Waals surface area contributed by atoms with E-state index in [2.05, 4.69) is 26.9 Å². The second-order valence-corrected chi connectivity index (χ2v) is 7.90. The fourth-order valence-corrected chi connectivity index (χ4v) is 5.43. The number of nitriles is 1. The van der Waals surface area contributed by atoms with Gasteiger partial charge in [0.05, 0.1) is 17.7 Å². The van der Waals surface area contributed by atoms with Crippen LogP contribution in [-0.2, 0) is 0 Å². The highest BCUT2D eigenvalue weighted by atomic mass is 16.2. The largest absolute Gasteiger partial charge is 0.333 e. The molecule has 3 atom stereocenters. The van der Waals surface area contributed by atoms with Gasteiger partial charge in [0.15, 0.2) is 0 Å². The van der Waals surface area contributed by atoms with E-state index in [-0.39, 0.29) is 11.9 Å². The van der Waals surface area contributed by atoms with E-state index in [1.54, 1.807) is 24.4 Å². The molecule has 0 N–H and O–H groups in total. The van der Waals surface area contributed by atoms with Gasteiger partial charge in [0, 0.05) is 36.5 Å². The van der Waals surface area contributed by atoms with Gasteiger partial charge in [-0.3, -0.25) is 14.7 Å². The van der Waals surface area contributed by atoms with Crippen molar-refractivity contribution in [3.63, 3.8) is 0 Å². The topological polar surface area (TPSA) is 60.2 Å². The number of aromatic nitrogens is 1. The molecule has 27 heavy (non-hydrogen) atoms. The van der Waals surface area contributed by atoms with Gasteiger partial charge in [-0.1, -0.05) is 12.1 Å². The number of carbonyl (C=O) groups excluding carboxylic acids is 1. The van der Waals surface area contributed by atoms with Gasteiger partial charge in [0.2, 0.25) is 0 Å². The van der Waals surface area contributed by atoms with Crippen LogP contribution in [0.4, 0.5) is 0 Å². The molecule has 0 spiro atoms. The Bertz CT molecular complexity index is 898. The summed E-state index contributed by atoms with van der Waals surface area (Å²) in [7, 11) is 0. The fraction of sp³-hybridized carbons (Fsp3) is 0.409. The Kier molecular flexibility index (Phi) is 3.95. The van der Waals surface area contributed by atoms with Gasteiger partial charge in [0.1, 0.15) is 0 Å². The highest BCUT2D eigenvalue weighted by Gasteiger charge is 2.54. The van der Waals surface area contributed by atoms with E-state index in [4.69, 9.17) is 0 Å². The minimum Gasteiger partial charge on any atom is -0.333 e. The van der Waals surface area contributed by atoms with Gasteiger partial charge in [0.25, 0.3) is 5.91 Å². The Labute approximate surface area is 159 Å². The average molecular weight is 358 g/mol. The minimum absolute atomic E-state index is 0.0576. The van der Waals surface area contributed by atoms with Gasteiger partial charge in [-0.05, 0) is 61.7 Å². The first-order valence-electron chi connectivity index (χ1n) is 9.71. The predicted molar refractivity (Wildman–Crippen MR) is 101 cm³/mol. The van der Waals surface area contributed by atoms with E-state index < -0.39 is 0 Å². The van der Waals surface area contributed by atoms with Crippen molar-refractivity contribution in [1.29, 1.82) is 5.26 Å². The van der Waals surface area contributed by atoms with Crippen LogP contribution in [0.1, 0.15) is 40.2 Å². The predicted octanol–water partition coefficient (Wildman–Crippen LogP) is 2.66. The zero-order chi connectivity index (χ0) is 18.4. The molecule has 1 aromatic carbocycles. The van der Waals surface area contributed by atoms with E-state index in [0.29, 0.717) is 29.0 Å². The number of pyridine rings is 1. The molecule has 1 aromatic heterocycles. The number of hydrogen-bond acceptors (Lipinski definition) is 4. The molecule has 1 amide bonds. The lowest BCUT2D eigenvalue weighted by Crippen LogP contribution is -2.60. The summed E-state index contributed by atoms with van der Waals surface area (Å²) >= 11 is 0. The minimum atomic E-state index is 0.0576. The molecule has 4 saturated heterocycles. The summed E-state index contributed by atoms with van der Waals surface area (Å²) in [6.45, 7) is 2.99. The van der Waals surface area contributed by atoms with Gasteiger partial charge in [-0.2, -0.15) is 5.26 Å². The quantitative estimate of drug-likeness (QED) is 0.828. The van der Waals surface area contributed by atoms with Crippen molar-refractivity contribution in [2.75, 3.05) is 19.6 Å². The fourth-order valence-electron chi connectivity index (χ4n) is 5.43. The summed E-state index contributed by atoms with van der Waals surface area (Å²) in [6, 6.07) is 14.0. The third kappa shape index (κ3) is 2.64. The number of amides is 1. The SMILES string of the molecule is N#Cc1cccc(C(=O)N2CC(c3cccnc3)C3C2C2CCN3CC2)c1. The zero-order valence-electron chi connectivity index (χ0n) is 15.2. The van der Waals surface area contributed by atoms with Crippen molar-refractivity contribution in [3.8, 4) is 6.07 Å². The van der Waals surface area contributed by atoms with Gasteiger partial charge < -0.3 is 4.90 Å². The summed E-state index contributed by atoms with van der Waals surface area (Å²) in [5, 5.41) is 9.18. The van der Waals surface area contributed by atoms with Gasteiger partial charge in [-0.15, -0.1) is 0 Å². The first-order valence-corrected chi connectivity index (χ1v) is 9.71. The summed E-state index contributed by atoms with van der Waals surface area (Å²) in [4.78, 5) is 22.4. The highest BCUT2D eigenvalue weighted by Crippen LogP contribution is 2.46. The van der Waals surface area contributed by atoms with E-state index in [1.807, 2.05) is 18.3 Å². The molecule has 5 nitrogen and oxygen atoms in total. The van der Waals surface area contributed by atoms with Crippen molar-refractivity contribution < 1.29 is 4.79 Å². The Morgan fingerprint density at radius 1 is 1.15 bits per heavy atom. The Hall–Kier alpha value is -2.71. The summed E-state index contributed by atoms with van der Waals surface area (Å²) in [5.41, 5.74) is 2.38. The van der Waals surface area contributed by atoms with Crippen LogP contribution in [0.25, 0.3) is 0 Å². The van der Waals surface area contributed by atoms with Crippen LogP contribution in [-0.4, -0.2) is 52.4 Å². The van der Waals surface area contributed by atoms with Crippen LogP contribution in [0.3, 0.4) is 0 Å². The van der Waals surface area contributed by atoms with Crippen LogP contribution in [0, 0.1) is 17.2 Å². The third-order valence-electron chi connectivity index (χ3n) is 6.61. The molecule has 6 rings (SSSR count). The molecular formula is C22H22N4O. The molecular weight excluding hydrogens is 336 g/mol. The maximum absolute atomic E-state index is 13.4. The van der Waals surface area contributed by atoms with E-state index in [0.717, 1.165) is 19.6 Å². The van der Waals surface area contributed by atoms with Crippen molar-refractivity contribution in [3.05, 3.63) is 65.5 Å². The number of piperidine rings is 3. The highest BCUT2D eigenvalue weighted by molar-refractivity contribution is 5.95. The molecule has 2 aromatic rings. The summed E-state index contributed by atoms with van der Waals surface area (Å²) in [5.74, 6) is 0.932. The van der Waals surface area contributed by atoms with Gasteiger partial charge in [-0.25, -0.2) is 0 Å². The molecule has 4 aliphatic rings. The Morgan fingerprint density at radius 3 is 2.74 bits per heavy atom. The molecule has 2 bridgehead atoms. The van der Waals surface area contributed by atoms with Crippen molar-refractivity contribution in [2.45, 2.75) is 30.8 Å². The van der Waals surface area contributed by atoms with Crippen LogP contribution in [0.15, 0.2) is 48.8 Å². The van der Waals surface area contributed by atoms with Crippen LogP contribution >= 0.6 is 0 Å². The van der Waals surface area contributed by atoms with Crippen LogP contribution < -0.4 is 0 Å². The average Bonchev–Trinajstić information content (AvgIpc) is 3.17. The van der Waals surface area contributed by atoms with E-state index >= 15 is 0 Å². The number of likely N-dealkylation sites (tertiary alicyclic amines) is 1. The molecule has 0 saturated carbocycles. The number of fused-ring (bicyclic) bond motifs is 2. The van der Waals surface area contributed by atoms with Gasteiger partial charge >= 0.3 is 0 Å². The lowest BCUT2D eigenvalue weighted by atomic mass is 9.75.